The Morgan fingerprint density at radius 3 is 2.72 bits per heavy atom. The highest BCUT2D eigenvalue weighted by Gasteiger charge is 2.40. The zero-order valence-electron chi connectivity index (χ0n) is 9.80. The number of Topliss-reactive ketones (excluding diaryl/α,β-unsaturated/α-hetero) is 1. The lowest BCUT2D eigenvalue weighted by Crippen LogP contribution is -2.16. The highest BCUT2D eigenvalue weighted by Crippen LogP contribution is 2.41. The number of ether oxygens (including phenoxy) is 1. The molecule has 4 heteroatoms. The fourth-order valence-corrected chi connectivity index (χ4v) is 2.60. The third-order valence-corrected chi connectivity index (χ3v) is 3.40. The van der Waals surface area contributed by atoms with Crippen molar-refractivity contribution in [3.05, 3.63) is 47.2 Å². The van der Waals surface area contributed by atoms with Crippen LogP contribution in [-0.2, 0) is 9.53 Å². The first-order valence-electron chi connectivity index (χ1n) is 6.02. The van der Waals surface area contributed by atoms with E-state index < -0.39 is 0 Å². The molecule has 0 saturated heterocycles. The van der Waals surface area contributed by atoms with E-state index in [0.717, 1.165) is 18.4 Å². The number of hydrogen-bond acceptors (Lipinski definition) is 4. The molecule has 1 aliphatic heterocycles. The molecule has 1 heterocycles. The van der Waals surface area contributed by atoms with Gasteiger partial charge in [-0.05, 0) is 12.0 Å². The van der Waals surface area contributed by atoms with E-state index in [1.807, 2.05) is 30.3 Å². The van der Waals surface area contributed by atoms with Crippen molar-refractivity contribution in [2.45, 2.75) is 25.2 Å². The Kier molecular flexibility index (Phi) is 2.63. The summed E-state index contributed by atoms with van der Waals surface area (Å²) in [7, 11) is 0. The van der Waals surface area contributed by atoms with Crippen molar-refractivity contribution < 1.29 is 14.7 Å². The minimum atomic E-state index is -0.348. The fourth-order valence-electron chi connectivity index (χ4n) is 2.60. The van der Waals surface area contributed by atoms with Crippen LogP contribution in [0.1, 0.15) is 30.7 Å². The predicted molar refractivity (Wildman–Crippen MR) is 65.4 cm³/mol. The zero-order chi connectivity index (χ0) is 12.5. The van der Waals surface area contributed by atoms with E-state index in [2.05, 4.69) is 5.16 Å². The van der Waals surface area contributed by atoms with Gasteiger partial charge in [-0.1, -0.05) is 35.5 Å². The summed E-state index contributed by atoms with van der Waals surface area (Å²) in [6, 6.07) is 9.54. The van der Waals surface area contributed by atoms with Crippen LogP contribution in [0.2, 0.25) is 0 Å². The van der Waals surface area contributed by atoms with Crippen LogP contribution >= 0.6 is 0 Å². The molecule has 1 aromatic rings. The second kappa shape index (κ2) is 4.29. The van der Waals surface area contributed by atoms with Crippen LogP contribution in [0.5, 0.6) is 0 Å². The molecule has 0 spiro atoms. The molecule has 1 N–H and O–H groups in total. The number of carbonyl (C=O) groups is 1. The minimum Gasteiger partial charge on any atom is -0.443 e. The van der Waals surface area contributed by atoms with Gasteiger partial charge in [-0.15, -0.1) is 0 Å². The number of allylic oxidation sites excluding steroid dienone is 1. The van der Waals surface area contributed by atoms with Crippen LogP contribution in [0, 0.1) is 0 Å². The number of benzene rings is 1. The molecule has 18 heavy (non-hydrogen) atoms. The van der Waals surface area contributed by atoms with E-state index in [1.165, 1.54) is 0 Å². The van der Waals surface area contributed by atoms with Crippen LogP contribution in [-0.4, -0.2) is 16.9 Å². The van der Waals surface area contributed by atoms with Gasteiger partial charge in [-0.25, -0.2) is 0 Å². The quantitative estimate of drug-likeness (QED) is 0.609. The molecule has 4 nitrogen and oxygen atoms in total. The van der Waals surface area contributed by atoms with Crippen molar-refractivity contribution in [2.75, 3.05) is 0 Å². The van der Waals surface area contributed by atoms with Crippen molar-refractivity contribution in [2.24, 2.45) is 5.16 Å². The van der Waals surface area contributed by atoms with Gasteiger partial charge in [-0.3, -0.25) is 4.79 Å². The fraction of sp³-hybridized carbons (Fsp3) is 0.286. The van der Waals surface area contributed by atoms with Gasteiger partial charge in [0.1, 0.15) is 5.76 Å². The third kappa shape index (κ3) is 1.61. The van der Waals surface area contributed by atoms with Crippen LogP contribution in [0.25, 0.3) is 0 Å². The van der Waals surface area contributed by atoms with E-state index in [0.29, 0.717) is 17.8 Å². The molecular formula is C14H13NO3. The summed E-state index contributed by atoms with van der Waals surface area (Å²) in [6.07, 6.45) is 2.09. The van der Waals surface area contributed by atoms with E-state index in [9.17, 15) is 4.79 Å². The summed E-state index contributed by atoms with van der Waals surface area (Å²) >= 11 is 0. The number of ketones is 1. The largest absolute Gasteiger partial charge is 0.443 e. The molecule has 1 aliphatic carbocycles. The van der Waals surface area contributed by atoms with E-state index in [1.54, 1.807) is 0 Å². The van der Waals surface area contributed by atoms with Crippen molar-refractivity contribution in [3.8, 4) is 0 Å². The molecular weight excluding hydrogens is 230 g/mol. The first kappa shape index (κ1) is 11.0. The van der Waals surface area contributed by atoms with Crippen LogP contribution < -0.4 is 0 Å². The molecule has 1 atom stereocenters. The van der Waals surface area contributed by atoms with Gasteiger partial charge in [-0.2, -0.15) is 0 Å². The summed E-state index contributed by atoms with van der Waals surface area (Å²) < 4.78 is 5.51. The molecule has 3 rings (SSSR count). The Hall–Kier alpha value is -2.10. The summed E-state index contributed by atoms with van der Waals surface area (Å²) in [5.74, 6) is 0.636. The molecule has 0 bridgehead atoms. The average Bonchev–Trinajstić information content (AvgIpc) is 2.79. The monoisotopic (exact) mass is 243 g/mol. The number of oxime groups is 1. The molecule has 0 amide bonds. The third-order valence-electron chi connectivity index (χ3n) is 3.40. The summed E-state index contributed by atoms with van der Waals surface area (Å²) in [6.45, 7) is 0. The number of hydrogen-bond donors (Lipinski definition) is 1. The SMILES string of the molecule is O=C1CCCC2=C1[C@@H](c1ccccc1)/C(=N/O)O2. The number of rotatable bonds is 1. The van der Waals surface area contributed by atoms with Gasteiger partial charge in [0.05, 0.1) is 11.5 Å². The smallest absolute Gasteiger partial charge is 0.242 e. The Morgan fingerprint density at radius 2 is 2.00 bits per heavy atom. The number of nitrogens with zero attached hydrogens (tertiary/aromatic N) is 1. The Labute approximate surface area is 105 Å². The molecule has 92 valence electrons. The van der Waals surface area contributed by atoms with E-state index >= 15 is 0 Å². The van der Waals surface area contributed by atoms with E-state index in [4.69, 9.17) is 9.94 Å². The second-order valence-corrected chi connectivity index (χ2v) is 4.50. The maximum atomic E-state index is 12.0. The molecule has 0 unspecified atom stereocenters. The highest BCUT2D eigenvalue weighted by molar-refractivity contribution is 6.07. The molecule has 0 radical (unpaired) electrons. The topological polar surface area (TPSA) is 58.9 Å². The van der Waals surface area contributed by atoms with Crippen molar-refractivity contribution in [3.63, 3.8) is 0 Å². The normalized spacial score (nSPS) is 25.2. The number of carbonyl (C=O) groups excluding carboxylic acids is 1. The maximum absolute atomic E-state index is 12.0. The van der Waals surface area contributed by atoms with Gasteiger partial charge in [0.2, 0.25) is 5.90 Å². The molecule has 0 saturated carbocycles. The molecule has 0 fully saturated rings. The van der Waals surface area contributed by atoms with Crippen molar-refractivity contribution in [1.82, 2.24) is 0 Å². The summed E-state index contributed by atoms with van der Waals surface area (Å²) in [5, 5.41) is 12.3. The first-order chi connectivity index (χ1) is 8.81. The molecule has 1 aromatic carbocycles. The predicted octanol–water partition coefficient (Wildman–Crippen LogP) is 2.60. The Balaban J connectivity index is 2.10. The lowest BCUT2D eigenvalue weighted by molar-refractivity contribution is -0.116. The highest BCUT2D eigenvalue weighted by atomic mass is 16.5. The average molecular weight is 243 g/mol. The molecule has 0 aromatic heterocycles. The first-order valence-corrected chi connectivity index (χ1v) is 6.02. The molecule has 2 aliphatic rings. The van der Waals surface area contributed by atoms with Gasteiger partial charge in [0.25, 0.3) is 0 Å². The van der Waals surface area contributed by atoms with Crippen molar-refractivity contribution in [1.29, 1.82) is 0 Å². The van der Waals surface area contributed by atoms with Crippen LogP contribution in [0.4, 0.5) is 0 Å². The summed E-state index contributed by atoms with van der Waals surface area (Å²) in [4.78, 5) is 12.0. The maximum Gasteiger partial charge on any atom is 0.242 e. The van der Waals surface area contributed by atoms with Gasteiger partial charge >= 0.3 is 0 Å². The van der Waals surface area contributed by atoms with Crippen LogP contribution in [0.3, 0.4) is 0 Å². The van der Waals surface area contributed by atoms with Crippen molar-refractivity contribution >= 4 is 11.7 Å². The lowest BCUT2D eigenvalue weighted by atomic mass is 9.84. The van der Waals surface area contributed by atoms with E-state index in [-0.39, 0.29) is 17.6 Å². The Bertz CT molecular complexity index is 545. The minimum absolute atomic E-state index is 0.101. The standard InChI is InChI=1S/C14H13NO3/c16-10-7-4-8-11-13(10)12(14(15-17)18-11)9-5-2-1-3-6-9/h1-3,5-6,12,17H,4,7-8H2/b15-14-/t12-/m1/s1. The second-order valence-electron chi connectivity index (χ2n) is 4.50. The van der Waals surface area contributed by atoms with Crippen LogP contribution in [0.15, 0.2) is 46.8 Å². The summed E-state index contributed by atoms with van der Waals surface area (Å²) in [5.41, 5.74) is 1.59. The van der Waals surface area contributed by atoms with Gasteiger partial charge in [0, 0.05) is 12.8 Å². The Morgan fingerprint density at radius 1 is 1.22 bits per heavy atom. The van der Waals surface area contributed by atoms with Gasteiger partial charge in [0.15, 0.2) is 5.78 Å². The zero-order valence-corrected chi connectivity index (χ0v) is 9.80. The van der Waals surface area contributed by atoms with Gasteiger partial charge < -0.3 is 9.94 Å². The lowest BCUT2D eigenvalue weighted by Gasteiger charge is -2.14.